The third-order valence-corrected chi connectivity index (χ3v) is 4.37. The van der Waals surface area contributed by atoms with Crippen LogP contribution in [-0.2, 0) is 16.0 Å². The molecule has 2 N–H and O–H groups in total. The Kier molecular flexibility index (Phi) is 6.30. The Morgan fingerprint density at radius 3 is 2.52 bits per heavy atom. The Hall–Kier alpha value is -3.02. The summed E-state index contributed by atoms with van der Waals surface area (Å²) in [4.78, 5) is 24.0. The molecule has 142 valence electrons. The molecule has 0 bridgehead atoms. The van der Waals surface area contributed by atoms with Crippen LogP contribution in [0.2, 0.25) is 0 Å². The highest BCUT2D eigenvalue weighted by molar-refractivity contribution is 5.85. The summed E-state index contributed by atoms with van der Waals surface area (Å²) in [5.74, 6) is 0.479. The van der Waals surface area contributed by atoms with E-state index in [1.165, 1.54) is 11.1 Å². The fourth-order valence-corrected chi connectivity index (χ4v) is 2.79. The summed E-state index contributed by atoms with van der Waals surface area (Å²) in [5, 5.41) is 0. The van der Waals surface area contributed by atoms with Crippen LogP contribution in [0.15, 0.2) is 48.5 Å². The SMILES string of the molecule is Cc1ccc(CCCCC(=O)NNC(=O)C2COc3ccccc3O2)cc1. The van der Waals surface area contributed by atoms with E-state index >= 15 is 0 Å². The lowest BCUT2D eigenvalue weighted by Gasteiger charge is -2.25. The number of hydrogen-bond acceptors (Lipinski definition) is 4. The molecule has 1 heterocycles. The van der Waals surface area contributed by atoms with Gasteiger partial charge in [0.2, 0.25) is 12.0 Å². The minimum absolute atomic E-state index is 0.106. The number of carbonyl (C=O) groups is 2. The van der Waals surface area contributed by atoms with Crippen molar-refractivity contribution >= 4 is 11.8 Å². The second-order valence-corrected chi connectivity index (χ2v) is 6.59. The van der Waals surface area contributed by atoms with Gasteiger partial charge in [-0.05, 0) is 43.9 Å². The summed E-state index contributed by atoms with van der Waals surface area (Å²) in [7, 11) is 0. The van der Waals surface area contributed by atoms with Crippen LogP contribution < -0.4 is 20.3 Å². The number of amides is 2. The molecule has 0 fully saturated rings. The molecule has 3 rings (SSSR count). The van der Waals surface area contributed by atoms with Crippen LogP contribution in [0, 0.1) is 6.92 Å². The molecule has 2 amide bonds. The molecule has 2 aromatic rings. The van der Waals surface area contributed by atoms with E-state index in [9.17, 15) is 9.59 Å². The lowest BCUT2D eigenvalue weighted by Crippen LogP contribution is -2.50. The summed E-state index contributed by atoms with van der Waals surface area (Å²) in [6.07, 6.45) is 2.18. The zero-order chi connectivity index (χ0) is 19.1. The summed E-state index contributed by atoms with van der Waals surface area (Å²) in [6.45, 7) is 2.17. The predicted octanol–water partition coefficient (Wildman–Crippen LogP) is 2.70. The summed E-state index contributed by atoms with van der Waals surface area (Å²) >= 11 is 0. The first-order valence-corrected chi connectivity index (χ1v) is 9.14. The predicted molar refractivity (Wildman–Crippen MR) is 101 cm³/mol. The topological polar surface area (TPSA) is 76.7 Å². The van der Waals surface area contributed by atoms with Gasteiger partial charge in [-0.2, -0.15) is 0 Å². The van der Waals surface area contributed by atoms with Crippen molar-refractivity contribution in [3.8, 4) is 11.5 Å². The van der Waals surface area contributed by atoms with Crippen molar-refractivity contribution < 1.29 is 19.1 Å². The number of unbranched alkanes of at least 4 members (excludes halogenated alkanes) is 1. The quantitative estimate of drug-likeness (QED) is 0.607. The number of aryl methyl sites for hydroxylation is 2. The van der Waals surface area contributed by atoms with Gasteiger partial charge < -0.3 is 9.47 Å². The molecular weight excluding hydrogens is 344 g/mol. The van der Waals surface area contributed by atoms with Gasteiger partial charge in [0.15, 0.2) is 11.5 Å². The van der Waals surface area contributed by atoms with Crippen molar-refractivity contribution in [2.45, 2.75) is 38.7 Å². The Morgan fingerprint density at radius 2 is 1.74 bits per heavy atom. The molecule has 0 aromatic heterocycles. The highest BCUT2D eigenvalue weighted by Crippen LogP contribution is 2.30. The highest BCUT2D eigenvalue weighted by atomic mass is 16.6. The number of ether oxygens (including phenoxy) is 2. The van der Waals surface area contributed by atoms with E-state index in [-0.39, 0.29) is 12.5 Å². The van der Waals surface area contributed by atoms with Crippen molar-refractivity contribution in [1.29, 1.82) is 0 Å². The molecule has 1 aliphatic rings. The Balaban J connectivity index is 1.33. The molecular formula is C21H24N2O4. The molecule has 27 heavy (non-hydrogen) atoms. The van der Waals surface area contributed by atoms with Gasteiger partial charge in [-0.25, -0.2) is 0 Å². The average molecular weight is 368 g/mol. The van der Waals surface area contributed by atoms with Crippen LogP contribution >= 0.6 is 0 Å². The lowest BCUT2D eigenvalue weighted by molar-refractivity contribution is -0.135. The largest absolute Gasteiger partial charge is 0.485 e. The third-order valence-electron chi connectivity index (χ3n) is 4.37. The van der Waals surface area contributed by atoms with E-state index in [1.807, 2.05) is 6.07 Å². The molecule has 0 radical (unpaired) electrons. The van der Waals surface area contributed by atoms with Crippen molar-refractivity contribution in [2.24, 2.45) is 0 Å². The molecule has 0 saturated heterocycles. The second kappa shape index (κ2) is 9.07. The van der Waals surface area contributed by atoms with Crippen LogP contribution in [-0.4, -0.2) is 24.5 Å². The monoisotopic (exact) mass is 368 g/mol. The number of rotatable bonds is 6. The van der Waals surface area contributed by atoms with E-state index in [4.69, 9.17) is 9.47 Å². The van der Waals surface area contributed by atoms with Crippen molar-refractivity contribution in [1.82, 2.24) is 10.9 Å². The van der Waals surface area contributed by atoms with Crippen LogP contribution in [0.1, 0.15) is 30.4 Å². The first-order valence-electron chi connectivity index (χ1n) is 9.14. The van der Waals surface area contributed by atoms with Gasteiger partial charge in [0, 0.05) is 6.42 Å². The molecule has 6 nitrogen and oxygen atoms in total. The van der Waals surface area contributed by atoms with Crippen LogP contribution in [0.3, 0.4) is 0 Å². The Morgan fingerprint density at radius 1 is 1.00 bits per heavy atom. The third kappa shape index (κ3) is 5.48. The molecule has 0 saturated carbocycles. The highest BCUT2D eigenvalue weighted by Gasteiger charge is 2.27. The van der Waals surface area contributed by atoms with Gasteiger partial charge >= 0.3 is 0 Å². The number of hydrogen-bond donors (Lipinski definition) is 2. The Labute approximate surface area is 158 Å². The van der Waals surface area contributed by atoms with Gasteiger partial charge in [-0.15, -0.1) is 0 Å². The van der Waals surface area contributed by atoms with Crippen molar-refractivity contribution in [3.63, 3.8) is 0 Å². The maximum Gasteiger partial charge on any atom is 0.283 e. The molecule has 2 aromatic carbocycles. The minimum Gasteiger partial charge on any atom is -0.485 e. The van der Waals surface area contributed by atoms with Gasteiger partial charge in [-0.1, -0.05) is 42.0 Å². The van der Waals surface area contributed by atoms with Gasteiger partial charge in [-0.3, -0.25) is 20.4 Å². The maximum absolute atomic E-state index is 12.1. The number of hydrazine groups is 1. The van der Waals surface area contributed by atoms with Crippen LogP contribution in [0.25, 0.3) is 0 Å². The molecule has 0 spiro atoms. The normalized spacial score (nSPS) is 15.1. The summed E-state index contributed by atoms with van der Waals surface area (Å²) in [5.41, 5.74) is 7.35. The van der Waals surface area contributed by atoms with Crippen molar-refractivity contribution in [3.05, 3.63) is 59.7 Å². The Bertz CT molecular complexity index is 789. The fraction of sp³-hybridized carbons (Fsp3) is 0.333. The fourth-order valence-electron chi connectivity index (χ4n) is 2.79. The van der Waals surface area contributed by atoms with E-state index in [1.54, 1.807) is 18.2 Å². The number of fused-ring (bicyclic) bond motifs is 1. The van der Waals surface area contributed by atoms with E-state index < -0.39 is 12.0 Å². The van der Waals surface area contributed by atoms with Gasteiger partial charge in [0.05, 0.1) is 0 Å². The number of carbonyl (C=O) groups excluding carboxylic acids is 2. The smallest absolute Gasteiger partial charge is 0.283 e. The molecule has 1 atom stereocenters. The van der Waals surface area contributed by atoms with Gasteiger partial charge in [0.25, 0.3) is 5.91 Å². The van der Waals surface area contributed by atoms with E-state index in [2.05, 4.69) is 42.0 Å². The zero-order valence-corrected chi connectivity index (χ0v) is 15.4. The second-order valence-electron chi connectivity index (χ2n) is 6.59. The van der Waals surface area contributed by atoms with Gasteiger partial charge in [0.1, 0.15) is 6.61 Å². The molecule has 0 aliphatic carbocycles. The molecule has 6 heteroatoms. The van der Waals surface area contributed by atoms with Crippen LogP contribution in [0.5, 0.6) is 11.5 Å². The maximum atomic E-state index is 12.1. The number of benzene rings is 2. The lowest BCUT2D eigenvalue weighted by atomic mass is 10.1. The first-order chi connectivity index (χ1) is 13.1. The average Bonchev–Trinajstić information content (AvgIpc) is 2.70. The van der Waals surface area contributed by atoms with E-state index in [0.717, 1.165) is 19.3 Å². The minimum atomic E-state index is -0.790. The summed E-state index contributed by atoms with van der Waals surface area (Å²) < 4.78 is 11.1. The number of nitrogens with one attached hydrogen (secondary N) is 2. The van der Waals surface area contributed by atoms with Crippen LogP contribution in [0.4, 0.5) is 0 Å². The summed E-state index contributed by atoms with van der Waals surface area (Å²) in [6, 6.07) is 15.6. The standard InChI is InChI=1S/C21H24N2O4/c1-15-10-12-16(13-11-15)6-2-5-9-20(24)22-23-21(25)19-14-26-17-7-3-4-8-18(17)27-19/h3-4,7-8,10-13,19H,2,5-6,9,14H2,1H3,(H,22,24)(H,23,25). The zero-order valence-electron chi connectivity index (χ0n) is 15.4. The van der Waals surface area contributed by atoms with Crippen molar-refractivity contribution in [2.75, 3.05) is 6.61 Å². The van der Waals surface area contributed by atoms with E-state index in [0.29, 0.717) is 17.9 Å². The molecule has 1 aliphatic heterocycles. The number of para-hydroxylation sites is 2. The molecule has 1 unspecified atom stereocenters. The first kappa shape index (κ1) is 18.8.